The highest BCUT2D eigenvalue weighted by molar-refractivity contribution is 5.95. The molecule has 1 atom stereocenters. The van der Waals surface area contributed by atoms with Gasteiger partial charge in [0.1, 0.15) is 19.3 Å². The van der Waals surface area contributed by atoms with E-state index in [9.17, 15) is 4.79 Å². The SMILES string of the molecule is C=CC(=O)OCc1ccc(C2=N[C@@H](c3ccccc3)CO2)cc1. The summed E-state index contributed by atoms with van der Waals surface area (Å²) in [6, 6.07) is 17.8. The Labute approximate surface area is 135 Å². The predicted molar refractivity (Wildman–Crippen MR) is 88.1 cm³/mol. The number of carbonyl (C=O) groups is 1. The molecule has 0 bridgehead atoms. The van der Waals surface area contributed by atoms with E-state index in [0.29, 0.717) is 12.5 Å². The van der Waals surface area contributed by atoms with Crippen molar-refractivity contribution < 1.29 is 14.3 Å². The lowest BCUT2D eigenvalue weighted by molar-refractivity contribution is -0.138. The fourth-order valence-corrected chi connectivity index (χ4v) is 2.33. The van der Waals surface area contributed by atoms with Crippen molar-refractivity contribution >= 4 is 11.9 Å². The third-order valence-electron chi connectivity index (χ3n) is 3.58. The molecule has 1 aliphatic rings. The smallest absolute Gasteiger partial charge is 0.330 e. The topological polar surface area (TPSA) is 47.9 Å². The molecule has 2 aromatic rings. The first-order valence-corrected chi connectivity index (χ1v) is 7.40. The number of nitrogens with zero attached hydrogens (tertiary/aromatic N) is 1. The zero-order valence-corrected chi connectivity index (χ0v) is 12.6. The second-order valence-electron chi connectivity index (χ2n) is 5.18. The monoisotopic (exact) mass is 307 g/mol. The van der Waals surface area contributed by atoms with E-state index in [-0.39, 0.29) is 12.6 Å². The molecular formula is C19H17NO3. The lowest BCUT2D eigenvalue weighted by Gasteiger charge is -2.04. The van der Waals surface area contributed by atoms with Crippen molar-refractivity contribution in [1.29, 1.82) is 0 Å². The Bertz CT molecular complexity index is 720. The maximum Gasteiger partial charge on any atom is 0.330 e. The molecule has 2 aromatic carbocycles. The summed E-state index contributed by atoms with van der Waals surface area (Å²) in [7, 11) is 0. The van der Waals surface area contributed by atoms with Crippen molar-refractivity contribution in [2.75, 3.05) is 6.61 Å². The summed E-state index contributed by atoms with van der Waals surface area (Å²) in [4.78, 5) is 15.7. The van der Waals surface area contributed by atoms with Gasteiger partial charge in [-0.05, 0) is 23.3 Å². The molecule has 0 unspecified atom stereocenters. The first-order chi connectivity index (χ1) is 11.3. The van der Waals surface area contributed by atoms with Crippen LogP contribution in [0.5, 0.6) is 0 Å². The summed E-state index contributed by atoms with van der Waals surface area (Å²) in [6.45, 7) is 4.15. The molecule has 4 nitrogen and oxygen atoms in total. The number of rotatable bonds is 5. The van der Waals surface area contributed by atoms with Gasteiger partial charge >= 0.3 is 5.97 Å². The molecule has 1 aliphatic heterocycles. The van der Waals surface area contributed by atoms with Gasteiger partial charge in [-0.15, -0.1) is 0 Å². The van der Waals surface area contributed by atoms with Gasteiger partial charge in [-0.2, -0.15) is 0 Å². The standard InChI is InChI=1S/C19H17NO3/c1-2-18(21)22-12-14-8-10-16(11-9-14)19-20-17(13-23-19)15-6-4-3-5-7-15/h2-11,17H,1,12-13H2/t17-/m1/s1. The Morgan fingerprint density at radius 1 is 1.22 bits per heavy atom. The quantitative estimate of drug-likeness (QED) is 0.628. The van der Waals surface area contributed by atoms with E-state index in [1.54, 1.807) is 0 Å². The number of hydrogen-bond donors (Lipinski definition) is 0. The maximum atomic E-state index is 11.1. The summed E-state index contributed by atoms with van der Waals surface area (Å²) < 4.78 is 10.7. The zero-order chi connectivity index (χ0) is 16.1. The van der Waals surface area contributed by atoms with Gasteiger partial charge in [-0.25, -0.2) is 9.79 Å². The summed E-state index contributed by atoms with van der Waals surface area (Å²) in [6.07, 6.45) is 1.15. The number of carbonyl (C=O) groups excluding carboxylic acids is 1. The minimum atomic E-state index is -0.428. The zero-order valence-electron chi connectivity index (χ0n) is 12.6. The average molecular weight is 307 g/mol. The molecule has 1 heterocycles. The van der Waals surface area contributed by atoms with E-state index in [1.165, 1.54) is 0 Å². The van der Waals surface area contributed by atoms with E-state index in [0.717, 1.165) is 22.8 Å². The van der Waals surface area contributed by atoms with Gasteiger partial charge in [0.05, 0.1) is 0 Å². The predicted octanol–water partition coefficient (Wildman–Crippen LogP) is 3.43. The van der Waals surface area contributed by atoms with Gasteiger partial charge in [-0.3, -0.25) is 0 Å². The summed E-state index contributed by atoms with van der Waals surface area (Å²) in [5, 5.41) is 0. The van der Waals surface area contributed by atoms with Gasteiger partial charge in [-0.1, -0.05) is 49.0 Å². The van der Waals surface area contributed by atoms with E-state index < -0.39 is 5.97 Å². The summed E-state index contributed by atoms with van der Waals surface area (Å²) in [5.74, 6) is 0.219. The molecule has 0 saturated carbocycles. The van der Waals surface area contributed by atoms with Crippen LogP contribution in [0.4, 0.5) is 0 Å². The number of ether oxygens (including phenoxy) is 2. The van der Waals surface area contributed by atoms with Crippen LogP contribution in [-0.4, -0.2) is 18.5 Å². The van der Waals surface area contributed by atoms with Crippen LogP contribution >= 0.6 is 0 Å². The Hall–Kier alpha value is -2.88. The van der Waals surface area contributed by atoms with Crippen LogP contribution in [0.15, 0.2) is 72.2 Å². The van der Waals surface area contributed by atoms with Gasteiger partial charge in [0.15, 0.2) is 0 Å². The fraction of sp³-hybridized carbons (Fsp3) is 0.158. The molecule has 23 heavy (non-hydrogen) atoms. The van der Waals surface area contributed by atoms with E-state index in [4.69, 9.17) is 9.47 Å². The third-order valence-corrected chi connectivity index (χ3v) is 3.58. The van der Waals surface area contributed by atoms with Crippen molar-refractivity contribution in [2.24, 2.45) is 4.99 Å². The van der Waals surface area contributed by atoms with Crippen LogP contribution in [0.2, 0.25) is 0 Å². The Morgan fingerprint density at radius 2 is 1.96 bits per heavy atom. The number of benzene rings is 2. The van der Waals surface area contributed by atoms with Gasteiger partial charge in [0, 0.05) is 11.6 Å². The highest BCUT2D eigenvalue weighted by atomic mass is 16.5. The van der Waals surface area contributed by atoms with Crippen LogP contribution in [0.3, 0.4) is 0 Å². The molecule has 0 fully saturated rings. The highest BCUT2D eigenvalue weighted by Crippen LogP contribution is 2.25. The number of aliphatic imine (C=N–C) groups is 1. The fourth-order valence-electron chi connectivity index (χ4n) is 2.33. The van der Waals surface area contributed by atoms with Gasteiger partial charge in [0.2, 0.25) is 5.90 Å². The van der Waals surface area contributed by atoms with Crippen LogP contribution in [0.1, 0.15) is 22.7 Å². The molecule has 116 valence electrons. The van der Waals surface area contributed by atoms with E-state index >= 15 is 0 Å². The third kappa shape index (κ3) is 3.66. The molecule has 4 heteroatoms. The molecule has 3 rings (SSSR count). The van der Waals surface area contributed by atoms with Crippen LogP contribution in [0.25, 0.3) is 0 Å². The van der Waals surface area contributed by atoms with Crippen LogP contribution < -0.4 is 0 Å². The van der Waals surface area contributed by atoms with Crippen molar-refractivity contribution in [3.8, 4) is 0 Å². The molecule has 0 aliphatic carbocycles. The number of hydrogen-bond acceptors (Lipinski definition) is 4. The maximum absolute atomic E-state index is 11.1. The van der Waals surface area contributed by atoms with Crippen molar-refractivity contribution in [3.63, 3.8) is 0 Å². The molecule has 0 spiro atoms. The number of esters is 1. The van der Waals surface area contributed by atoms with E-state index in [2.05, 4.69) is 23.7 Å². The van der Waals surface area contributed by atoms with Crippen LogP contribution in [0, 0.1) is 0 Å². The molecule has 0 aromatic heterocycles. The van der Waals surface area contributed by atoms with E-state index in [1.807, 2.05) is 42.5 Å². The van der Waals surface area contributed by atoms with Crippen molar-refractivity contribution in [2.45, 2.75) is 12.6 Å². The molecule has 0 N–H and O–H groups in total. The lowest BCUT2D eigenvalue weighted by atomic mass is 10.1. The Balaban J connectivity index is 1.68. The Kier molecular flexibility index (Phi) is 4.52. The largest absolute Gasteiger partial charge is 0.475 e. The summed E-state index contributed by atoms with van der Waals surface area (Å²) in [5.41, 5.74) is 2.97. The van der Waals surface area contributed by atoms with Crippen molar-refractivity contribution in [1.82, 2.24) is 0 Å². The molecule has 0 amide bonds. The van der Waals surface area contributed by atoms with Crippen LogP contribution in [-0.2, 0) is 20.9 Å². The van der Waals surface area contributed by atoms with Gasteiger partial charge in [0.25, 0.3) is 0 Å². The first-order valence-electron chi connectivity index (χ1n) is 7.40. The second kappa shape index (κ2) is 6.92. The summed E-state index contributed by atoms with van der Waals surface area (Å²) >= 11 is 0. The molecule has 0 radical (unpaired) electrons. The lowest BCUT2D eigenvalue weighted by Crippen LogP contribution is -2.03. The molecule has 0 saturated heterocycles. The van der Waals surface area contributed by atoms with Gasteiger partial charge < -0.3 is 9.47 Å². The minimum absolute atomic E-state index is 0.0411. The Morgan fingerprint density at radius 3 is 2.65 bits per heavy atom. The average Bonchev–Trinajstić information content (AvgIpc) is 3.11. The first kappa shape index (κ1) is 15.0. The normalized spacial score (nSPS) is 16.3. The minimum Gasteiger partial charge on any atom is -0.475 e. The van der Waals surface area contributed by atoms with Crippen molar-refractivity contribution in [3.05, 3.63) is 83.9 Å². The molecular weight excluding hydrogens is 290 g/mol. The highest BCUT2D eigenvalue weighted by Gasteiger charge is 2.21. The second-order valence-corrected chi connectivity index (χ2v) is 5.18.